The van der Waals surface area contributed by atoms with Crippen LogP contribution in [0.1, 0.15) is 13.8 Å². The van der Waals surface area contributed by atoms with Gasteiger partial charge in [-0.25, -0.2) is 13.4 Å². The number of ether oxygens (including phenoxy) is 1. The summed E-state index contributed by atoms with van der Waals surface area (Å²) >= 11 is 0. The highest BCUT2D eigenvalue weighted by Gasteiger charge is 2.33. The molecule has 2 aliphatic heterocycles. The van der Waals surface area contributed by atoms with E-state index in [0.717, 1.165) is 0 Å². The molecule has 1 fully saturated rings. The van der Waals surface area contributed by atoms with Gasteiger partial charge in [-0.2, -0.15) is 4.31 Å². The molecule has 0 unspecified atom stereocenters. The van der Waals surface area contributed by atoms with E-state index in [9.17, 15) is 13.2 Å². The molecule has 2 aliphatic rings. The molecule has 154 valence electrons. The molecule has 1 aromatic heterocycles. The summed E-state index contributed by atoms with van der Waals surface area (Å²) in [5.41, 5.74) is 0.430. The molecule has 0 radical (unpaired) electrons. The highest BCUT2D eigenvalue weighted by atomic mass is 32.2. The maximum Gasteiger partial charge on any atom is 0.249 e. The largest absolute Gasteiger partial charge is 0.379 e. The van der Waals surface area contributed by atoms with E-state index >= 15 is 0 Å². The number of nitrogens with one attached hydrogen (secondary N) is 3. The Kier molecular flexibility index (Phi) is 4.93. The van der Waals surface area contributed by atoms with Crippen LogP contribution in [0.5, 0.6) is 0 Å². The highest BCUT2D eigenvalue weighted by Crippen LogP contribution is 2.31. The number of aromatic nitrogens is 1. The maximum atomic E-state index is 12.9. The quantitative estimate of drug-likeness (QED) is 0.697. The van der Waals surface area contributed by atoms with Crippen molar-refractivity contribution >= 4 is 38.9 Å². The molecule has 29 heavy (non-hydrogen) atoms. The number of carbonyl (C=O) groups is 1. The molecular weight excluding hydrogens is 394 g/mol. The van der Waals surface area contributed by atoms with Gasteiger partial charge < -0.3 is 20.7 Å². The third-order valence-electron chi connectivity index (χ3n) is 4.86. The van der Waals surface area contributed by atoms with Crippen molar-refractivity contribution in [1.82, 2.24) is 9.29 Å². The predicted molar refractivity (Wildman–Crippen MR) is 110 cm³/mol. The molecule has 4 rings (SSSR count). The van der Waals surface area contributed by atoms with Gasteiger partial charge in [0.25, 0.3) is 0 Å². The van der Waals surface area contributed by atoms with E-state index in [-0.39, 0.29) is 10.8 Å². The fraction of sp³-hybridized carbons (Fsp3) is 0.368. The van der Waals surface area contributed by atoms with Crippen molar-refractivity contribution in [1.29, 1.82) is 0 Å². The number of nitrogens with zero attached hydrogens (tertiary/aromatic N) is 2. The van der Waals surface area contributed by atoms with Crippen molar-refractivity contribution in [3.63, 3.8) is 0 Å². The first-order valence-corrected chi connectivity index (χ1v) is 10.8. The summed E-state index contributed by atoms with van der Waals surface area (Å²) in [7, 11) is -3.58. The number of morpholine rings is 1. The van der Waals surface area contributed by atoms with E-state index in [0.29, 0.717) is 49.3 Å². The first-order valence-electron chi connectivity index (χ1n) is 9.31. The van der Waals surface area contributed by atoms with Crippen LogP contribution >= 0.6 is 0 Å². The van der Waals surface area contributed by atoms with Crippen molar-refractivity contribution < 1.29 is 17.9 Å². The van der Waals surface area contributed by atoms with Gasteiger partial charge in [-0.15, -0.1) is 0 Å². The smallest absolute Gasteiger partial charge is 0.249 e. The van der Waals surface area contributed by atoms with Gasteiger partial charge in [-0.05, 0) is 44.2 Å². The number of sulfonamides is 1. The SMILES string of the molecule is CC1(C)Nc2nc(Nc3cccc(S(=O)(=O)N4CCOCC4)c3)ccc2NC1=O. The maximum absolute atomic E-state index is 12.9. The summed E-state index contributed by atoms with van der Waals surface area (Å²) in [5, 5.41) is 9.07. The minimum absolute atomic E-state index is 0.131. The summed E-state index contributed by atoms with van der Waals surface area (Å²) in [6.07, 6.45) is 0. The average molecular weight is 417 g/mol. The minimum Gasteiger partial charge on any atom is -0.379 e. The van der Waals surface area contributed by atoms with Gasteiger partial charge in [0.05, 0.1) is 23.8 Å². The second kappa shape index (κ2) is 7.29. The van der Waals surface area contributed by atoms with E-state index < -0.39 is 15.6 Å². The normalized spacial score (nSPS) is 19.0. The summed E-state index contributed by atoms with van der Waals surface area (Å²) in [4.78, 5) is 16.8. The molecule has 0 aliphatic carbocycles. The van der Waals surface area contributed by atoms with Crippen LogP contribution in [-0.2, 0) is 19.6 Å². The van der Waals surface area contributed by atoms with Gasteiger partial charge in [0.1, 0.15) is 11.4 Å². The lowest BCUT2D eigenvalue weighted by atomic mass is 10.0. The van der Waals surface area contributed by atoms with Crippen LogP contribution in [0.3, 0.4) is 0 Å². The highest BCUT2D eigenvalue weighted by molar-refractivity contribution is 7.89. The number of pyridine rings is 1. The first kappa shape index (κ1) is 19.6. The lowest BCUT2D eigenvalue weighted by Gasteiger charge is -2.32. The second-order valence-electron chi connectivity index (χ2n) is 7.47. The molecular formula is C19H23N5O4S. The summed E-state index contributed by atoms with van der Waals surface area (Å²) in [6, 6.07) is 10.1. The number of amides is 1. The topological polar surface area (TPSA) is 113 Å². The Balaban J connectivity index is 1.57. The predicted octanol–water partition coefficient (Wildman–Crippen LogP) is 1.99. The van der Waals surface area contributed by atoms with E-state index in [1.807, 2.05) is 0 Å². The van der Waals surface area contributed by atoms with Crippen molar-refractivity contribution in [2.45, 2.75) is 24.3 Å². The molecule has 1 aromatic carbocycles. The Hall–Kier alpha value is -2.69. The van der Waals surface area contributed by atoms with Crippen molar-refractivity contribution in [2.75, 3.05) is 42.3 Å². The lowest BCUT2D eigenvalue weighted by Crippen LogP contribution is -2.47. The molecule has 3 N–H and O–H groups in total. The van der Waals surface area contributed by atoms with Crippen molar-refractivity contribution in [3.05, 3.63) is 36.4 Å². The van der Waals surface area contributed by atoms with Gasteiger partial charge >= 0.3 is 0 Å². The molecule has 3 heterocycles. The number of hydrogen-bond acceptors (Lipinski definition) is 7. The van der Waals surface area contributed by atoms with Crippen molar-refractivity contribution in [2.24, 2.45) is 0 Å². The molecule has 9 nitrogen and oxygen atoms in total. The van der Waals surface area contributed by atoms with Crippen LogP contribution in [0.2, 0.25) is 0 Å². The van der Waals surface area contributed by atoms with Crippen LogP contribution in [0.25, 0.3) is 0 Å². The van der Waals surface area contributed by atoms with Gasteiger partial charge in [-0.3, -0.25) is 4.79 Å². The Morgan fingerprint density at radius 1 is 1.17 bits per heavy atom. The van der Waals surface area contributed by atoms with Crippen LogP contribution in [0, 0.1) is 0 Å². The van der Waals surface area contributed by atoms with Gasteiger partial charge in [-0.1, -0.05) is 6.07 Å². The number of hydrogen-bond donors (Lipinski definition) is 3. The Morgan fingerprint density at radius 2 is 1.93 bits per heavy atom. The number of benzene rings is 1. The number of fused-ring (bicyclic) bond motifs is 1. The number of anilines is 4. The number of carbonyl (C=O) groups excluding carboxylic acids is 1. The van der Waals surface area contributed by atoms with Crippen LogP contribution in [0.15, 0.2) is 41.3 Å². The Labute approximate surface area is 169 Å². The zero-order valence-electron chi connectivity index (χ0n) is 16.2. The Morgan fingerprint density at radius 3 is 2.69 bits per heavy atom. The third-order valence-corrected chi connectivity index (χ3v) is 6.75. The van der Waals surface area contributed by atoms with Gasteiger partial charge in [0.15, 0.2) is 5.82 Å². The van der Waals surface area contributed by atoms with Gasteiger partial charge in [0, 0.05) is 18.8 Å². The molecule has 0 bridgehead atoms. The molecule has 10 heteroatoms. The molecule has 1 amide bonds. The van der Waals surface area contributed by atoms with Crippen LogP contribution in [-0.4, -0.2) is 55.5 Å². The Bertz CT molecular complexity index is 1050. The van der Waals surface area contributed by atoms with Gasteiger partial charge in [0.2, 0.25) is 15.9 Å². The standard InChI is InChI=1S/C19H23N5O4S/c1-19(2)18(25)21-15-6-7-16(22-17(15)23-19)20-13-4-3-5-14(12-13)29(26,27)24-8-10-28-11-9-24/h3-7,12H,8-11H2,1-2H3,(H,21,25)(H2,20,22,23). The zero-order valence-corrected chi connectivity index (χ0v) is 17.0. The molecule has 0 atom stereocenters. The average Bonchev–Trinajstić information content (AvgIpc) is 2.70. The number of rotatable bonds is 4. The van der Waals surface area contributed by atoms with E-state index in [1.54, 1.807) is 50.2 Å². The first-order chi connectivity index (χ1) is 13.8. The monoisotopic (exact) mass is 417 g/mol. The van der Waals surface area contributed by atoms with Crippen LogP contribution < -0.4 is 16.0 Å². The summed E-state index contributed by atoms with van der Waals surface area (Å²) < 4.78 is 32.4. The third kappa shape index (κ3) is 3.91. The second-order valence-corrected chi connectivity index (χ2v) is 9.40. The fourth-order valence-electron chi connectivity index (χ4n) is 3.17. The van der Waals surface area contributed by atoms with Crippen molar-refractivity contribution in [3.8, 4) is 0 Å². The van der Waals surface area contributed by atoms with E-state index in [4.69, 9.17) is 4.74 Å². The van der Waals surface area contributed by atoms with E-state index in [2.05, 4.69) is 20.9 Å². The molecule has 2 aromatic rings. The fourth-order valence-corrected chi connectivity index (χ4v) is 4.63. The van der Waals surface area contributed by atoms with E-state index in [1.165, 1.54) is 4.31 Å². The molecule has 0 saturated carbocycles. The molecule has 1 saturated heterocycles. The zero-order chi connectivity index (χ0) is 20.6. The summed E-state index contributed by atoms with van der Waals surface area (Å²) in [6.45, 7) is 5.03. The minimum atomic E-state index is -3.58. The lowest BCUT2D eigenvalue weighted by molar-refractivity contribution is -0.119. The molecule has 0 spiro atoms. The summed E-state index contributed by atoms with van der Waals surface area (Å²) in [5.74, 6) is 0.953. The van der Waals surface area contributed by atoms with Crippen LogP contribution in [0.4, 0.5) is 23.0 Å².